The number of carbonyl (C=O) groups excluding carboxylic acids is 1. The van der Waals surface area contributed by atoms with Crippen molar-refractivity contribution in [3.63, 3.8) is 0 Å². The standard InChI is InChI=1S/C27H46BrN3O/c1-2-3-4-5-6-7-8-9-10-11-12-13-14-24(20-30-31-29)25(32)26-16-22-15-23(17-26)19-27(28,18-22)21-26/h22-24H,2-21H2,1H3. The fourth-order valence-electron chi connectivity index (χ4n) is 7.54. The number of unbranched alkanes of at least 4 members (excludes halogenated alkanes) is 11. The average molecular weight is 509 g/mol. The van der Waals surface area contributed by atoms with Gasteiger partial charge in [0.05, 0.1) is 0 Å². The molecule has 4 saturated carbocycles. The molecule has 4 rings (SSSR count). The highest BCUT2D eigenvalue weighted by Gasteiger charge is 2.60. The normalized spacial score (nSPS) is 31.4. The van der Waals surface area contributed by atoms with Crippen molar-refractivity contribution in [2.75, 3.05) is 6.54 Å². The molecule has 0 heterocycles. The van der Waals surface area contributed by atoms with Gasteiger partial charge in [-0.15, -0.1) is 0 Å². The fourth-order valence-corrected chi connectivity index (χ4v) is 9.00. The fraction of sp³-hybridized carbons (Fsp3) is 0.963. The van der Waals surface area contributed by atoms with Gasteiger partial charge in [-0.25, -0.2) is 0 Å². The second kappa shape index (κ2) is 12.8. The zero-order valence-corrected chi connectivity index (χ0v) is 22.1. The van der Waals surface area contributed by atoms with Crippen LogP contribution in [0.1, 0.15) is 129 Å². The summed E-state index contributed by atoms with van der Waals surface area (Å²) < 4.78 is 0.200. The highest BCUT2D eigenvalue weighted by Crippen LogP contribution is 2.65. The lowest BCUT2D eigenvalue weighted by Crippen LogP contribution is -2.57. The molecule has 0 amide bonds. The molecule has 0 aromatic rings. The van der Waals surface area contributed by atoms with Gasteiger partial charge in [0, 0.05) is 27.1 Å². The van der Waals surface area contributed by atoms with Gasteiger partial charge >= 0.3 is 0 Å². The van der Waals surface area contributed by atoms with Crippen molar-refractivity contribution in [3.8, 4) is 0 Å². The highest BCUT2D eigenvalue weighted by molar-refractivity contribution is 9.10. The average Bonchev–Trinajstić information content (AvgIpc) is 2.74. The van der Waals surface area contributed by atoms with Gasteiger partial charge in [-0.3, -0.25) is 4.79 Å². The Morgan fingerprint density at radius 1 is 0.938 bits per heavy atom. The first kappa shape index (κ1) is 26.1. The molecule has 4 aliphatic rings. The number of carbonyl (C=O) groups is 1. The minimum atomic E-state index is -0.139. The lowest BCUT2D eigenvalue weighted by Gasteiger charge is -2.60. The van der Waals surface area contributed by atoms with Crippen molar-refractivity contribution in [2.45, 2.75) is 133 Å². The highest BCUT2D eigenvalue weighted by atomic mass is 79.9. The van der Waals surface area contributed by atoms with E-state index in [1.54, 1.807) is 0 Å². The summed E-state index contributed by atoms with van der Waals surface area (Å²) in [7, 11) is 0. The number of nitrogens with zero attached hydrogens (tertiary/aromatic N) is 3. The van der Waals surface area contributed by atoms with Crippen molar-refractivity contribution in [1.82, 2.24) is 0 Å². The Bertz CT molecular complexity index is 631. The van der Waals surface area contributed by atoms with Gasteiger partial charge in [-0.2, -0.15) is 0 Å². The number of halogens is 1. The molecule has 3 atom stereocenters. The molecule has 0 saturated heterocycles. The van der Waals surface area contributed by atoms with Gasteiger partial charge in [0.25, 0.3) is 0 Å². The largest absolute Gasteiger partial charge is 0.299 e. The number of rotatable bonds is 17. The molecule has 5 heteroatoms. The summed E-state index contributed by atoms with van der Waals surface area (Å²) >= 11 is 4.04. The van der Waals surface area contributed by atoms with Crippen LogP contribution in [0.3, 0.4) is 0 Å². The van der Waals surface area contributed by atoms with Crippen molar-refractivity contribution in [1.29, 1.82) is 0 Å². The zero-order valence-electron chi connectivity index (χ0n) is 20.5. The van der Waals surface area contributed by atoms with Crippen molar-refractivity contribution >= 4 is 21.7 Å². The Hall–Kier alpha value is -0.540. The molecule has 3 unspecified atom stereocenters. The summed E-state index contributed by atoms with van der Waals surface area (Å²) in [6.07, 6.45) is 23.9. The Kier molecular flexibility index (Phi) is 10.4. The first-order chi connectivity index (χ1) is 15.5. The van der Waals surface area contributed by atoms with Crippen LogP contribution in [0.5, 0.6) is 0 Å². The quantitative estimate of drug-likeness (QED) is 0.0634. The van der Waals surface area contributed by atoms with Gasteiger partial charge in [0.15, 0.2) is 0 Å². The topological polar surface area (TPSA) is 65.8 Å². The molecule has 4 aliphatic carbocycles. The predicted molar refractivity (Wildman–Crippen MR) is 137 cm³/mol. The van der Waals surface area contributed by atoms with E-state index in [-0.39, 0.29) is 15.7 Å². The number of hydrogen-bond donors (Lipinski definition) is 0. The molecule has 182 valence electrons. The third-order valence-electron chi connectivity index (χ3n) is 8.65. The molecule has 0 aliphatic heterocycles. The molecule has 0 radical (unpaired) electrons. The van der Waals surface area contributed by atoms with Gasteiger partial charge in [-0.05, 0) is 62.3 Å². The number of Topliss-reactive ketones (excluding diaryl/α,β-unsaturated/α-hetero) is 1. The van der Waals surface area contributed by atoms with Gasteiger partial charge in [0.2, 0.25) is 0 Å². The van der Waals surface area contributed by atoms with Crippen molar-refractivity contribution in [3.05, 3.63) is 10.4 Å². The van der Waals surface area contributed by atoms with E-state index in [0.717, 1.165) is 32.1 Å². The molecule has 4 bridgehead atoms. The van der Waals surface area contributed by atoms with E-state index < -0.39 is 0 Å². The Morgan fingerprint density at radius 3 is 1.97 bits per heavy atom. The summed E-state index contributed by atoms with van der Waals surface area (Å²) in [5, 5.41) is 3.86. The summed E-state index contributed by atoms with van der Waals surface area (Å²) in [5.74, 6) is 1.80. The van der Waals surface area contributed by atoms with Crippen LogP contribution in [-0.4, -0.2) is 16.7 Å². The molecule has 0 aromatic carbocycles. The van der Waals surface area contributed by atoms with Crippen molar-refractivity contribution in [2.24, 2.45) is 28.3 Å². The third-order valence-corrected chi connectivity index (χ3v) is 9.58. The molecule has 0 aromatic heterocycles. The zero-order chi connectivity index (χ0) is 22.9. The second-order valence-corrected chi connectivity index (χ2v) is 13.2. The Labute approximate surface area is 204 Å². The van der Waals surface area contributed by atoms with Crippen LogP contribution in [0.25, 0.3) is 10.4 Å². The van der Waals surface area contributed by atoms with Crippen molar-refractivity contribution < 1.29 is 4.79 Å². The molecule has 0 spiro atoms. The summed E-state index contributed by atoms with van der Waals surface area (Å²) in [4.78, 5) is 16.8. The smallest absolute Gasteiger partial charge is 0.142 e. The van der Waals surface area contributed by atoms with E-state index in [1.807, 2.05) is 0 Å². The molecule has 4 fully saturated rings. The SMILES string of the molecule is CCCCCCCCCCCCCCC(CN=[N+]=[N-])C(=O)C12CC3CC(CC(Br)(C3)C1)C2. The third kappa shape index (κ3) is 7.23. The number of hydrogen-bond acceptors (Lipinski definition) is 2. The van der Waals surface area contributed by atoms with E-state index in [2.05, 4.69) is 32.9 Å². The molecule has 4 nitrogen and oxygen atoms in total. The van der Waals surface area contributed by atoms with Crippen LogP contribution in [0.2, 0.25) is 0 Å². The summed E-state index contributed by atoms with van der Waals surface area (Å²) in [6, 6.07) is 0. The van der Waals surface area contributed by atoms with Crippen LogP contribution in [-0.2, 0) is 4.79 Å². The maximum absolute atomic E-state index is 13.8. The lowest BCUT2D eigenvalue weighted by atomic mass is 9.47. The number of azide groups is 1. The Balaban J connectivity index is 1.37. The number of ketones is 1. The maximum Gasteiger partial charge on any atom is 0.142 e. The molecular weight excluding hydrogens is 462 g/mol. The minimum Gasteiger partial charge on any atom is -0.299 e. The predicted octanol–water partition coefficient (Wildman–Crippen LogP) is 9.31. The second-order valence-electron chi connectivity index (χ2n) is 11.5. The van der Waals surface area contributed by atoms with Gasteiger partial charge in [-0.1, -0.05) is 105 Å². The van der Waals surface area contributed by atoms with E-state index >= 15 is 0 Å². The Morgan fingerprint density at radius 2 is 1.47 bits per heavy atom. The van der Waals surface area contributed by atoms with Crippen LogP contribution >= 0.6 is 15.9 Å². The van der Waals surface area contributed by atoms with Crippen LogP contribution in [0.4, 0.5) is 0 Å². The first-order valence-corrected chi connectivity index (χ1v) is 14.5. The monoisotopic (exact) mass is 507 g/mol. The first-order valence-electron chi connectivity index (χ1n) is 13.7. The van der Waals surface area contributed by atoms with Crippen LogP contribution < -0.4 is 0 Å². The van der Waals surface area contributed by atoms with Gasteiger partial charge in [0.1, 0.15) is 5.78 Å². The molecular formula is C27H46BrN3O. The van der Waals surface area contributed by atoms with E-state index in [4.69, 9.17) is 5.53 Å². The van der Waals surface area contributed by atoms with E-state index in [1.165, 1.54) is 89.9 Å². The van der Waals surface area contributed by atoms with E-state index in [9.17, 15) is 4.79 Å². The van der Waals surface area contributed by atoms with Gasteiger partial charge < -0.3 is 0 Å². The summed E-state index contributed by atoms with van der Waals surface area (Å²) in [5.41, 5.74) is 8.75. The lowest BCUT2D eigenvalue weighted by molar-refractivity contribution is -0.146. The van der Waals surface area contributed by atoms with Crippen LogP contribution in [0, 0.1) is 23.2 Å². The maximum atomic E-state index is 13.8. The summed E-state index contributed by atoms with van der Waals surface area (Å²) in [6.45, 7) is 2.64. The molecule has 0 N–H and O–H groups in total. The number of alkyl halides is 1. The minimum absolute atomic E-state index is 0.0682. The van der Waals surface area contributed by atoms with Crippen LogP contribution in [0.15, 0.2) is 5.11 Å². The van der Waals surface area contributed by atoms with E-state index in [0.29, 0.717) is 24.2 Å². The molecule has 32 heavy (non-hydrogen) atoms.